The van der Waals surface area contributed by atoms with Crippen molar-refractivity contribution in [3.63, 3.8) is 0 Å². The van der Waals surface area contributed by atoms with Gasteiger partial charge in [0.1, 0.15) is 17.3 Å². The lowest BCUT2D eigenvalue weighted by Crippen LogP contribution is -2.73. The number of nitrogens with zero attached hydrogens (tertiary/aromatic N) is 2. The summed E-state index contributed by atoms with van der Waals surface area (Å²) in [4.78, 5) is 31.2. The Bertz CT molecular complexity index is 846. The number of rotatable bonds is 9. The molecule has 2 heterocycles. The number of piperidine rings is 1. The van der Waals surface area contributed by atoms with Crippen LogP contribution in [0.25, 0.3) is 0 Å². The van der Waals surface area contributed by atoms with Crippen LogP contribution in [0.2, 0.25) is 0 Å². The molecule has 0 radical (unpaired) electrons. The van der Waals surface area contributed by atoms with Gasteiger partial charge in [-0.1, -0.05) is 45.7 Å². The second-order valence-corrected chi connectivity index (χ2v) is 11.3. The molecular weight excluding hydrogens is 474 g/mol. The third kappa shape index (κ3) is 6.74. The van der Waals surface area contributed by atoms with Crippen molar-refractivity contribution in [3.05, 3.63) is 29.8 Å². The van der Waals surface area contributed by atoms with E-state index in [9.17, 15) is 9.59 Å². The summed E-state index contributed by atoms with van der Waals surface area (Å²) >= 11 is 0. The van der Waals surface area contributed by atoms with E-state index in [1.54, 1.807) is 0 Å². The van der Waals surface area contributed by atoms with Crippen molar-refractivity contribution in [2.75, 3.05) is 19.6 Å². The van der Waals surface area contributed by atoms with Gasteiger partial charge in [-0.15, -0.1) is 12.4 Å². The monoisotopic (exact) mass is 519 g/mol. The summed E-state index contributed by atoms with van der Waals surface area (Å²) in [6, 6.07) is 8.17. The van der Waals surface area contributed by atoms with Gasteiger partial charge in [-0.2, -0.15) is 0 Å². The number of hydrogen-bond acceptors (Lipinski definition) is 4. The lowest BCUT2D eigenvalue weighted by Gasteiger charge is -2.52. The van der Waals surface area contributed by atoms with Crippen molar-refractivity contribution in [2.45, 2.75) is 109 Å². The molecule has 4 rings (SSSR count). The molecule has 2 aliphatic heterocycles. The maximum Gasteiger partial charge on any atom is 0.246 e. The number of amides is 2. The number of unbranched alkanes of at least 4 members (excludes halogenated alkanes) is 1. The van der Waals surface area contributed by atoms with Crippen LogP contribution in [0.3, 0.4) is 0 Å². The van der Waals surface area contributed by atoms with Crippen molar-refractivity contribution in [1.29, 1.82) is 0 Å². The largest absolute Gasteiger partial charge is 0.490 e. The summed E-state index contributed by atoms with van der Waals surface area (Å²) in [6.45, 7) is 9.53. The molecule has 1 N–H and O–H groups in total. The Kier molecular flexibility index (Phi) is 10.5. The van der Waals surface area contributed by atoms with E-state index in [1.807, 2.05) is 4.90 Å². The Morgan fingerprint density at radius 1 is 1.06 bits per heavy atom. The van der Waals surface area contributed by atoms with Crippen LogP contribution in [0, 0.1) is 5.92 Å². The van der Waals surface area contributed by atoms with Crippen LogP contribution in [0.5, 0.6) is 5.75 Å². The van der Waals surface area contributed by atoms with Gasteiger partial charge in [-0.05, 0) is 75.0 Å². The molecule has 3 aliphatic rings. The highest BCUT2D eigenvalue weighted by atomic mass is 35.5. The van der Waals surface area contributed by atoms with E-state index < -0.39 is 5.54 Å². The first kappa shape index (κ1) is 28.8. The predicted octanol–water partition coefficient (Wildman–Crippen LogP) is 5.33. The van der Waals surface area contributed by atoms with Gasteiger partial charge >= 0.3 is 0 Å². The fourth-order valence-corrected chi connectivity index (χ4v) is 6.03. The van der Waals surface area contributed by atoms with Crippen molar-refractivity contribution >= 4 is 24.2 Å². The predicted molar refractivity (Wildman–Crippen MR) is 146 cm³/mol. The Morgan fingerprint density at radius 3 is 2.33 bits per heavy atom. The number of benzene rings is 1. The number of hydrogen-bond donors (Lipinski definition) is 1. The second kappa shape index (κ2) is 13.1. The Balaban J connectivity index is 0.00000361. The van der Waals surface area contributed by atoms with E-state index in [0.717, 1.165) is 38.2 Å². The first-order chi connectivity index (χ1) is 16.9. The molecule has 1 aliphatic carbocycles. The average molecular weight is 520 g/mol. The lowest BCUT2D eigenvalue weighted by molar-refractivity contribution is -0.161. The summed E-state index contributed by atoms with van der Waals surface area (Å²) in [6.07, 6.45) is 10.6. The molecular formula is C29H46ClN3O3. The van der Waals surface area contributed by atoms with Gasteiger partial charge in [0.2, 0.25) is 11.8 Å². The Labute approximate surface area is 223 Å². The van der Waals surface area contributed by atoms with E-state index in [0.29, 0.717) is 37.8 Å². The minimum Gasteiger partial charge on any atom is -0.490 e. The molecule has 202 valence electrons. The first-order valence-corrected chi connectivity index (χ1v) is 14.0. The first-order valence-electron chi connectivity index (χ1n) is 14.0. The Morgan fingerprint density at radius 2 is 1.72 bits per heavy atom. The van der Waals surface area contributed by atoms with Crippen LogP contribution >= 0.6 is 12.4 Å². The van der Waals surface area contributed by atoms with Crippen LogP contribution in [0.1, 0.15) is 90.5 Å². The highest BCUT2D eigenvalue weighted by Gasteiger charge is 2.53. The van der Waals surface area contributed by atoms with Gasteiger partial charge in [-0.25, -0.2) is 0 Å². The van der Waals surface area contributed by atoms with Gasteiger partial charge in [0, 0.05) is 26.2 Å². The van der Waals surface area contributed by atoms with Crippen molar-refractivity contribution in [3.8, 4) is 5.75 Å². The quantitative estimate of drug-likeness (QED) is 0.479. The maximum absolute atomic E-state index is 13.4. The van der Waals surface area contributed by atoms with E-state index in [-0.39, 0.29) is 30.3 Å². The number of likely N-dealkylation sites (tertiary alicyclic amines) is 1. The van der Waals surface area contributed by atoms with E-state index in [2.05, 4.69) is 55.3 Å². The van der Waals surface area contributed by atoms with Gasteiger partial charge in [-0.3, -0.25) is 14.5 Å². The van der Waals surface area contributed by atoms with Crippen LogP contribution in [-0.4, -0.2) is 58.9 Å². The van der Waals surface area contributed by atoms with Crippen molar-refractivity contribution < 1.29 is 14.3 Å². The standard InChI is InChI=1S/C29H45N3O3.ClH/c1-4-5-17-32-27(33)26(20-22(2)3)30-28(34)29(32)15-18-31(19-16-29)21-23-11-13-25(14-12-23)35-24-9-7-6-8-10-24;/h11-14,22,24,26H,4-10,15-21H2,1-3H3,(H,30,34);1H/t26-;/m0./s1. The zero-order valence-corrected chi connectivity index (χ0v) is 23.3. The van der Waals surface area contributed by atoms with Crippen LogP contribution in [0.15, 0.2) is 24.3 Å². The number of halogens is 1. The zero-order chi connectivity index (χ0) is 24.8. The van der Waals surface area contributed by atoms with Crippen molar-refractivity contribution in [1.82, 2.24) is 15.1 Å². The molecule has 1 atom stereocenters. The summed E-state index contributed by atoms with van der Waals surface area (Å²) < 4.78 is 6.18. The van der Waals surface area contributed by atoms with Gasteiger partial charge in [0.15, 0.2) is 0 Å². The minimum atomic E-state index is -0.687. The molecule has 1 saturated carbocycles. The topological polar surface area (TPSA) is 61.9 Å². The lowest BCUT2D eigenvalue weighted by atomic mass is 9.80. The summed E-state index contributed by atoms with van der Waals surface area (Å²) in [5.41, 5.74) is 0.578. The summed E-state index contributed by atoms with van der Waals surface area (Å²) in [5, 5.41) is 3.11. The van der Waals surface area contributed by atoms with Crippen molar-refractivity contribution in [2.24, 2.45) is 5.92 Å². The molecule has 36 heavy (non-hydrogen) atoms. The van der Waals surface area contributed by atoms with E-state index in [4.69, 9.17) is 4.74 Å². The third-order valence-electron chi connectivity index (χ3n) is 8.12. The normalized spacial score (nSPS) is 23.0. The number of carbonyl (C=O) groups excluding carboxylic acids is 2. The smallest absolute Gasteiger partial charge is 0.246 e. The van der Waals surface area contributed by atoms with Gasteiger partial charge in [0.05, 0.1) is 6.10 Å². The molecule has 3 fully saturated rings. The zero-order valence-electron chi connectivity index (χ0n) is 22.5. The van der Waals surface area contributed by atoms with Gasteiger partial charge in [0.25, 0.3) is 0 Å². The van der Waals surface area contributed by atoms with E-state index in [1.165, 1.54) is 37.7 Å². The van der Waals surface area contributed by atoms with E-state index >= 15 is 0 Å². The molecule has 2 saturated heterocycles. The molecule has 1 aromatic rings. The molecule has 1 aromatic carbocycles. The molecule has 1 spiro atoms. The third-order valence-corrected chi connectivity index (χ3v) is 8.12. The highest BCUT2D eigenvalue weighted by Crippen LogP contribution is 2.35. The van der Waals surface area contributed by atoms with Crippen LogP contribution in [0.4, 0.5) is 0 Å². The number of nitrogens with one attached hydrogen (secondary N) is 1. The average Bonchev–Trinajstić information content (AvgIpc) is 2.85. The molecule has 2 amide bonds. The van der Waals surface area contributed by atoms with Crippen LogP contribution in [-0.2, 0) is 16.1 Å². The highest BCUT2D eigenvalue weighted by molar-refractivity contribution is 6.00. The maximum atomic E-state index is 13.4. The molecule has 0 unspecified atom stereocenters. The minimum absolute atomic E-state index is 0. The van der Waals surface area contributed by atoms with Gasteiger partial charge < -0.3 is 15.0 Å². The molecule has 7 heteroatoms. The Hall–Kier alpha value is -1.79. The molecule has 0 bridgehead atoms. The fraction of sp³-hybridized carbons (Fsp3) is 0.724. The SMILES string of the molecule is CCCCN1C(=O)[C@H](CC(C)C)NC(=O)C12CCN(Cc1ccc(OC3CCCCC3)cc1)CC2.Cl. The van der Waals surface area contributed by atoms with Crippen LogP contribution < -0.4 is 10.1 Å². The molecule has 6 nitrogen and oxygen atoms in total. The molecule has 0 aromatic heterocycles. The second-order valence-electron chi connectivity index (χ2n) is 11.3. The number of ether oxygens (including phenoxy) is 1. The summed E-state index contributed by atoms with van der Waals surface area (Å²) in [5.74, 6) is 1.52. The fourth-order valence-electron chi connectivity index (χ4n) is 6.03. The summed E-state index contributed by atoms with van der Waals surface area (Å²) in [7, 11) is 0. The number of piperazine rings is 1. The number of carbonyl (C=O) groups is 2.